The van der Waals surface area contributed by atoms with Crippen LogP contribution in [0.15, 0.2) is 66.7 Å². The second-order valence-corrected chi connectivity index (χ2v) is 6.80. The van der Waals surface area contributed by atoms with E-state index < -0.39 is 17.6 Å². The van der Waals surface area contributed by atoms with Crippen molar-refractivity contribution in [3.05, 3.63) is 83.4 Å². The quantitative estimate of drug-likeness (QED) is 0.553. The topological polar surface area (TPSA) is 70.2 Å². The minimum atomic E-state index is -4.46. The van der Waals surface area contributed by atoms with Gasteiger partial charge in [0.2, 0.25) is 5.91 Å². The first-order chi connectivity index (χ1) is 14.3. The highest BCUT2D eigenvalue weighted by atomic mass is 19.4. The Morgan fingerprint density at radius 1 is 0.933 bits per heavy atom. The van der Waals surface area contributed by atoms with Gasteiger partial charge in [0.25, 0.3) is 5.91 Å². The molecule has 0 radical (unpaired) electrons. The van der Waals surface area contributed by atoms with Crippen LogP contribution >= 0.6 is 0 Å². The Kier molecular flexibility index (Phi) is 4.91. The standard InChI is InChI=1S/C22H16F3N3O2/c23-22(24,25)14-4-3-5-15(11-14)26-18-7-2-1-6-17(18)21(30)27-16-9-8-13-10-20(29)28-19(13)12-16/h1-9,11-12,26H,10H2,(H,27,30)(H,28,29). The maximum atomic E-state index is 13.0. The van der Waals surface area contributed by atoms with Crippen molar-refractivity contribution in [1.82, 2.24) is 0 Å². The molecule has 0 saturated carbocycles. The van der Waals surface area contributed by atoms with Gasteiger partial charge in [0.15, 0.2) is 0 Å². The molecule has 0 fully saturated rings. The first-order valence-electron chi connectivity index (χ1n) is 9.07. The lowest BCUT2D eigenvalue weighted by atomic mass is 10.1. The molecule has 0 unspecified atom stereocenters. The van der Waals surface area contributed by atoms with Gasteiger partial charge in [-0.05, 0) is 48.0 Å². The smallest absolute Gasteiger partial charge is 0.355 e. The first kappa shape index (κ1) is 19.5. The van der Waals surface area contributed by atoms with Crippen LogP contribution in [0.4, 0.5) is 35.9 Å². The Hall–Kier alpha value is -3.81. The molecule has 2 amide bonds. The third-order valence-electron chi connectivity index (χ3n) is 4.63. The highest BCUT2D eigenvalue weighted by Gasteiger charge is 2.30. The number of anilines is 4. The van der Waals surface area contributed by atoms with Gasteiger partial charge in [-0.25, -0.2) is 0 Å². The lowest BCUT2D eigenvalue weighted by Gasteiger charge is -2.14. The van der Waals surface area contributed by atoms with Crippen LogP contribution in [0.2, 0.25) is 0 Å². The molecule has 0 atom stereocenters. The number of para-hydroxylation sites is 1. The predicted octanol–water partition coefficient (Wildman–Crippen LogP) is 5.20. The molecule has 0 aromatic heterocycles. The Labute approximate surface area is 169 Å². The van der Waals surface area contributed by atoms with Crippen molar-refractivity contribution in [3.63, 3.8) is 0 Å². The second-order valence-electron chi connectivity index (χ2n) is 6.80. The molecular weight excluding hydrogens is 395 g/mol. The summed E-state index contributed by atoms with van der Waals surface area (Å²) in [5.74, 6) is -0.543. The van der Waals surface area contributed by atoms with E-state index in [0.717, 1.165) is 17.7 Å². The molecular formula is C22H16F3N3O2. The van der Waals surface area contributed by atoms with Crippen molar-refractivity contribution < 1.29 is 22.8 Å². The summed E-state index contributed by atoms with van der Waals surface area (Å²) < 4.78 is 38.9. The van der Waals surface area contributed by atoms with Gasteiger partial charge in [-0.1, -0.05) is 24.3 Å². The van der Waals surface area contributed by atoms with Crippen LogP contribution in [0.25, 0.3) is 0 Å². The van der Waals surface area contributed by atoms with Crippen molar-refractivity contribution in [2.75, 3.05) is 16.0 Å². The van der Waals surface area contributed by atoms with Crippen molar-refractivity contribution in [2.45, 2.75) is 12.6 Å². The summed E-state index contributed by atoms with van der Waals surface area (Å²) in [6.45, 7) is 0. The maximum Gasteiger partial charge on any atom is 0.416 e. The summed E-state index contributed by atoms with van der Waals surface area (Å²) in [6, 6.07) is 16.4. The fraction of sp³-hybridized carbons (Fsp3) is 0.0909. The average Bonchev–Trinajstić information content (AvgIpc) is 3.07. The van der Waals surface area contributed by atoms with Crippen LogP contribution in [0.1, 0.15) is 21.5 Å². The highest BCUT2D eigenvalue weighted by Crippen LogP contribution is 2.32. The molecule has 1 aliphatic heterocycles. The SMILES string of the molecule is O=C1Cc2ccc(NC(=O)c3ccccc3Nc3cccc(C(F)(F)F)c3)cc2N1. The average molecular weight is 411 g/mol. The van der Waals surface area contributed by atoms with Gasteiger partial charge in [-0.15, -0.1) is 0 Å². The van der Waals surface area contributed by atoms with Crippen molar-refractivity contribution in [2.24, 2.45) is 0 Å². The van der Waals surface area contributed by atoms with E-state index in [9.17, 15) is 22.8 Å². The van der Waals surface area contributed by atoms with E-state index in [4.69, 9.17) is 0 Å². The normalized spacial score (nSPS) is 12.8. The van der Waals surface area contributed by atoms with Crippen LogP contribution in [-0.4, -0.2) is 11.8 Å². The molecule has 1 aliphatic rings. The van der Waals surface area contributed by atoms with Crippen LogP contribution in [0, 0.1) is 0 Å². The number of alkyl halides is 3. The van der Waals surface area contributed by atoms with Crippen molar-refractivity contribution >= 4 is 34.6 Å². The highest BCUT2D eigenvalue weighted by molar-refractivity contribution is 6.09. The zero-order chi connectivity index (χ0) is 21.3. The number of nitrogens with one attached hydrogen (secondary N) is 3. The molecule has 152 valence electrons. The van der Waals surface area contributed by atoms with E-state index in [1.54, 1.807) is 42.5 Å². The van der Waals surface area contributed by atoms with Crippen LogP contribution in [0.5, 0.6) is 0 Å². The van der Waals surface area contributed by atoms with Crippen LogP contribution < -0.4 is 16.0 Å². The number of benzene rings is 3. The van der Waals surface area contributed by atoms with Gasteiger partial charge in [0.1, 0.15) is 0 Å². The van der Waals surface area contributed by atoms with E-state index in [0.29, 0.717) is 23.5 Å². The van der Waals surface area contributed by atoms with E-state index in [1.165, 1.54) is 12.1 Å². The molecule has 8 heteroatoms. The summed E-state index contributed by atoms with van der Waals surface area (Å²) in [4.78, 5) is 24.3. The van der Waals surface area contributed by atoms with Crippen molar-refractivity contribution in [1.29, 1.82) is 0 Å². The number of rotatable bonds is 4. The fourth-order valence-electron chi connectivity index (χ4n) is 3.21. The lowest BCUT2D eigenvalue weighted by Crippen LogP contribution is -2.14. The molecule has 3 N–H and O–H groups in total. The zero-order valence-corrected chi connectivity index (χ0v) is 15.5. The number of carbonyl (C=O) groups excluding carboxylic acids is 2. The Morgan fingerprint density at radius 2 is 1.73 bits per heavy atom. The first-order valence-corrected chi connectivity index (χ1v) is 9.07. The monoisotopic (exact) mass is 411 g/mol. The predicted molar refractivity (Wildman–Crippen MR) is 108 cm³/mol. The van der Waals surface area contributed by atoms with Gasteiger partial charge in [-0.2, -0.15) is 13.2 Å². The molecule has 0 spiro atoms. The second kappa shape index (κ2) is 7.55. The third-order valence-corrected chi connectivity index (χ3v) is 4.63. The summed E-state index contributed by atoms with van der Waals surface area (Å²) in [5, 5.41) is 8.35. The van der Waals surface area contributed by atoms with E-state index >= 15 is 0 Å². The van der Waals surface area contributed by atoms with Gasteiger partial charge < -0.3 is 16.0 Å². The van der Waals surface area contributed by atoms with E-state index in [-0.39, 0.29) is 17.2 Å². The minimum absolute atomic E-state index is 0.107. The molecule has 1 heterocycles. The zero-order valence-electron chi connectivity index (χ0n) is 15.5. The summed E-state index contributed by atoms with van der Waals surface area (Å²) in [6.07, 6.45) is -4.16. The molecule has 0 aliphatic carbocycles. The Morgan fingerprint density at radius 3 is 2.53 bits per heavy atom. The number of halogens is 3. The number of hydrogen-bond acceptors (Lipinski definition) is 3. The maximum absolute atomic E-state index is 13.0. The van der Waals surface area contributed by atoms with Gasteiger partial charge >= 0.3 is 6.18 Å². The molecule has 3 aromatic rings. The molecule has 0 saturated heterocycles. The van der Waals surface area contributed by atoms with Gasteiger partial charge in [0.05, 0.1) is 23.2 Å². The van der Waals surface area contributed by atoms with E-state index in [1.807, 2.05) is 0 Å². The number of fused-ring (bicyclic) bond motifs is 1. The molecule has 3 aromatic carbocycles. The third kappa shape index (κ3) is 4.12. The lowest BCUT2D eigenvalue weighted by molar-refractivity contribution is -0.137. The molecule has 30 heavy (non-hydrogen) atoms. The van der Waals surface area contributed by atoms with Crippen molar-refractivity contribution in [3.8, 4) is 0 Å². The fourth-order valence-corrected chi connectivity index (χ4v) is 3.21. The number of amides is 2. The number of carbonyl (C=O) groups is 2. The summed E-state index contributed by atoms with van der Waals surface area (Å²) in [5.41, 5.74) is 2.05. The Balaban J connectivity index is 1.56. The summed E-state index contributed by atoms with van der Waals surface area (Å²) in [7, 11) is 0. The number of hydrogen-bond donors (Lipinski definition) is 3. The Bertz CT molecular complexity index is 1140. The largest absolute Gasteiger partial charge is 0.416 e. The van der Waals surface area contributed by atoms with Crippen LogP contribution in [0.3, 0.4) is 0 Å². The van der Waals surface area contributed by atoms with Crippen LogP contribution in [-0.2, 0) is 17.4 Å². The minimum Gasteiger partial charge on any atom is -0.355 e. The summed E-state index contributed by atoms with van der Waals surface area (Å²) >= 11 is 0. The molecule has 4 rings (SSSR count). The molecule has 5 nitrogen and oxygen atoms in total. The van der Waals surface area contributed by atoms with Gasteiger partial charge in [0, 0.05) is 17.1 Å². The van der Waals surface area contributed by atoms with E-state index in [2.05, 4.69) is 16.0 Å². The molecule has 0 bridgehead atoms. The van der Waals surface area contributed by atoms with Gasteiger partial charge in [-0.3, -0.25) is 9.59 Å².